The van der Waals surface area contributed by atoms with Crippen LogP contribution < -0.4 is 5.32 Å². The van der Waals surface area contributed by atoms with Gasteiger partial charge in [-0.25, -0.2) is 9.18 Å². The number of hydrogen-bond donors (Lipinski definition) is 2. The Morgan fingerprint density at radius 3 is 2.71 bits per heavy atom. The number of hydrogen-bond acceptors (Lipinski definition) is 3. The molecule has 0 spiro atoms. The highest BCUT2D eigenvalue weighted by Gasteiger charge is 2.34. The van der Waals surface area contributed by atoms with Crippen LogP contribution in [0.15, 0.2) is 24.3 Å². The molecule has 0 radical (unpaired) electrons. The minimum absolute atomic E-state index is 0.341. The van der Waals surface area contributed by atoms with E-state index in [0.717, 1.165) is 16.7 Å². The number of amides is 1. The monoisotopic (exact) mass is 309 g/mol. The van der Waals surface area contributed by atoms with Crippen molar-refractivity contribution >= 4 is 33.3 Å². The average molecular weight is 309 g/mol. The molecule has 2 N–H and O–H groups in total. The molecule has 2 aromatic rings. The van der Waals surface area contributed by atoms with Gasteiger partial charge in [-0.3, -0.25) is 4.79 Å². The number of benzene rings is 1. The molecule has 0 fully saturated rings. The molecular formula is C15H16FNO3S. The van der Waals surface area contributed by atoms with Crippen LogP contribution in [0.3, 0.4) is 0 Å². The standard InChI is InChI=1S/C15H16FNO3S/c1-3-6-15(2,14(19)20)17-13(18)12-7-9-4-5-10(16)8-11(9)21-12/h4-5,7-8H,3,6H2,1-2H3,(H,17,18)(H,19,20). The molecule has 1 aromatic carbocycles. The van der Waals surface area contributed by atoms with Crippen molar-refractivity contribution in [1.82, 2.24) is 5.32 Å². The van der Waals surface area contributed by atoms with Crippen LogP contribution in [0.2, 0.25) is 0 Å². The largest absolute Gasteiger partial charge is 0.480 e. The van der Waals surface area contributed by atoms with Crippen LogP contribution in [-0.2, 0) is 4.79 Å². The third-order valence-corrected chi connectivity index (χ3v) is 4.41. The quantitative estimate of drug-likeness (QED) is 0.889. The van der Waals surface area contributed by atoms with E-state index in [2.05, 4.69) is 5.32 Å². The molecule has 0 aliphatic heterocycles. The number of carboxylic acid groups (broad SMARTS) is 1. The van der Waals surface area contributed by atoms with E-state index in [4.69, 9.17) is 0 Å². The third kappa shape index (κ3) is 3.21. The zero-order chi connectivity index (χ0) is 15.6. The van der Waals surface area contributed by atoms with Crippen molar-refractivity contribution in [3.63, 3.8) is 0 Å². The lowest BCUT2D eigenvalue weighted by atomic mass is 9.96. The Morgan fingerprint density at radius 2 is 2.10 bits per heavy atom. The number of rotatable bonds is 5. The summed E-state index contributed by atoms with van der Waals surface area (Å²) >= 11 is 1.15. The second kappa shape index (κ2) is 5.81. The van der Waals surface area contributed by atoms with Gasteiger partial charge < -0.3 is 10.4 Å². The van der Waals surface area contributed by atoms with Gasteiger partial charge in [-0.2, -0.15) is 0 Å². The van der Waals surface area contributed by atoms with Gasteiger partial charge in [0.25, 0.3) is 5.91 Å². The number of nitrogens with one attached hydrogen (secondary N) is 1. The Kier molecular flexibility index (Phi) is 4.27. The first-order valence-corrected chi connectivity index (χ1v) is 7.42. The van der Waals surface area contributed by atoms with E-state index in [-0.39, 0.29) is 5.82 Å². The van der Waals surface area contributed by atoms with E-state index in [0.29, 0.717) is 22.4 Å². The van der Waals surface area contributed by atoms with Crippen LogP contribution in [0.5, 0.6) is 0 Å². The Labute approximate surface area is 125 Å². The lowest BCUT2D eigenvalue weighted by Gasteiger charge is -2.25. The molecule has 1 atom stereocenters. The number of fused-ring (bicyclic) bond motifs is 1. The second-order valence-electron chi connectivity index (χ2n) is 5.13. The van der Waals surface area contributed by atoms with Crippen molar-refractivity contribution < 1.29 is 19.1 Å². The zero-order valence-corrected chi connectivity index (χ0v) is 12.6. The molecule has 112 valence electrons. The van der Waals surface area contributed by atoms with Crippen molar-refractivity contribution in [2.75, 3.05) is 0 Å². The minimum atomic E-state index is -1.30. The first-order valence-electron chi connectivity index (χ1n) is 6.61. The molecule has 1 heterocycles. The molecule has 0 bridgehead atoms. The summed E-state index contributed by atoms with van der Waals surface area (Å²) in [6.07, 6.45) is 0.980. The number of aliphatic carboxylic acids is 1. The fourth-order valence-electron chi connectivity index (χ4n) is 2.15. The Hall–Kier alpha value is -1.95. The molecule has 1 unspecified atom stereocenters. The average Bonchev–Trinajstić information content (AvgIpc) is 2.81. The minimum Gasteiger partial charge on any atom is -0.480 e. The van der Waals surface area contributed by atoms with Crippen molar-refractivity contribution in [1.29, 1.82) is 0 Å². The highest BCUT2D eigenvalue weighted by molar-refractivity contribution is 7.20. The van der Waals surface area contributed by atoms with Crippen molar-refractivity contribution in [2.24, 2.45) is 0 Å². The van der Waals surface area contributed by atoms with E-state index in [1.807, 2.05) is 6.92 Å². The van der Waals surface area contributed by atoms with Crippen molar-refractivity contribution in [3.8, 4) is 0 Å². The highest BCUT2D eigenvalue weighted by atomic mass is 32.1. The lowest BCUT2D eigenvalue weighted by molar-refractivity contribution is -0.144. The van der Waals surface area contributed by atoms with Gasteiger partial charge in [0.15, 0.2) is 0 Å². The summed E-state index contributed by atoms with van der Waals surface area (Å²) in [7, 11) is 0. The van der Waals surface area contributed by atoms with Crippen LogP contribution in [-0.4, -0.2) is 22.5 Å². The van der Waals surface area contributed by atoms with Crippen LogP contribution in [0.4, 0.5) is 4.39 Å². The second-order valence-corrected chi connectivity index (χ2v) is 6.22. The van der Waals surface area contributed by atoms with E-state index in [9.17, 15) is 19.1 Å². The maximum atomic E-state index is 13.2. The summed E-state index contributed by atoms with van der Waals surface area (Å²) < 4.78 is 13.8. The Morgan fingerprint density at radius 1 is 1.38 bits per heavy atom. The first kappa shape index (κ1) is 15.4. The van der Waals surface area contributed by atoms with Gasteiger partial charge in [0.1, 0.15) is 11.4 Å². The number of carboxylic acids is 1. The SMILES string of the molecule is CCCC(C)(NC(=O)c1cc2ccc(F)cc2s1)C(=O)O. The van der Waals surface area contributed by atoms with Gasteiger partial charge in [0.05, 0.1) is 4.88 Å². The van der Waals surface area contributed by atoms with Crippen LogP contribution >= 0.6 is 11.3 Å². The lowest BCUT2D eigenvalue weighted by Crippen LogP contribution is -2.51. The first-order chi connectivity index (χ1) is 9.85. The summed E-state index contributed by atoms with van der Waals surface area (Å²) in [5.41, 5.74) is -1.30. The summed E-state index contributed by atoms with van der Waals surface area (Å²) in [6.45, 7) is 3.35. The predicted molar refractivity (Wildman–Crippen MR) is 80.2 cm³/mol. The number of halogens is 1. The summed E-state index contributed by atoms with van der Waals surface area (Å²) in [5.74, 6) is -1.88. The molecule has 0 aliphatic rings. The summed E-state index contributed by atoms with van der Waals surface area (Å²) in [4.78, 5) is 23.9. The van der Waals surface area contributed by atoms with Crippen LogP contribution in [0.25, 0.3) is 10.1 Å². The number of thiophene rings is 1. The van der Waals surface area contributed by atoms with Gasteiger partial charge in [-0.15, -0.1) is 11.3 Å². The number of carbonyl (C=O) groups excluding carboxylic acids is 1. The van der Waals surface area contributed by atoms with Crippen molar-refractivity contribution in [2.45, 2.75) is 32.2 Å². The normalized spacial score (nSPS) is 13.9. The molecule has 4 nitrogen and oxygen atoms in total. The molecular weight excluding hydrogens is 293 g/mol. The molecule has 0 saturated carbocycles. The van der Waals surface area contributed by atoms with Gasteiger partial charge in [0.2, 0.25) is 0 Å². The van der Waals surface area contributed by atoms with E-state index >= 15 is 0 Å². The van der Waals surface area contributed by atoms with Crippen molar-refractivity contribution in [3.05, 3.63) is 35.0 Å². The fraction of sp³-hybridized carbons (Fsp3) is 0.333. The van der Waals surface area contributed by atoms with E-state index in [1.165, 1.54) is 19.1 Å². The molecule has 0 saturated heterocycles. The topological polar surface area (TPSA) is 66.4 Å². The fourth-order valence-corrected chi connectivity index (χ4v) is 3.13. The maximum Gasteiger partial charge on any atom is 0.329 e. The van der Waals surface area contributed by atoms with E-state index in [1.54, 1.807) is 12.1 Å². The van der Waals surface area contributed by atoms with Crippen LogP contribution in [0, 0.1) is 5.82 Å². The van der Waals surface area contributed by atoms with E-state index < -0.39 is 17.4 Å². The Balaban J connectivity index is 2.27. The summed E-state index contributed by atoms with van der Waals surface area (Å²) in [5, 5.41) is 12.6. The highest BCUT2D eigenvalue weighted by Crippen LogP contribution is 2.27. The third-order valence-electron chi connectivity index (χ3n) is 3.32. The van der Waals surface area contributed by atoms with Gasteiger partial charge in [-0.05, 0) is 36.9 Å². The van der Waals surface area contributed by atoms with Crippen LogP contribution in [0.1, 0.15) is 36.4 Å². The van der Waals surface area contributed by atoms with Gasteiger partial charge >= 0.3 is 5.97 Å². The predicted octanol–water partition coefficient (Wildman–Crippen LogP) is 3.41. The molecule has 2 rings (SSSR count). The number of carbonyl (C=O) groups is 2. The Bertz CT molecular complexity index is 697. The zero-order valence-electron chi connectivity index (χ0n) is 11.8. The smallest absolute Gasteiger partial charge is 0.329 e. The molecule has 6 heteroatoms. The maximum absolute atomic E-state index is 13.2. The molecule has 1 amide bonds. The molecule has 1 aromatic heterocycles. The summed E-state index contributed by atoms with van der Waals surface area (Å²) in [6, 6.07) is 5.93. The molecule has 21 heavy (non-hydrogen) atoms. The van der Waals surface area contributed by atoms with Gasteiger partial charge in [0, 0.05) is 4.70 Å². The molecule has 0 aliphatic carbocycles. The van der Waals surface area contributed by atoms with Gasteiger partial charge in [-0.1, -0.05) is 19.4 Å².